The number of halogens is 4. The summed E-state index contributed by atoms with van der Waals surface area (Å²) in [5.74, 6) is -0.587. The first-order valence-electron chi connectivity index (χ1n) is 12.8. The fraction of sp³-hybridized carbons (Fsp3) is 0.233. The Morgan fingerprint density at radius 1 is 0.829 bits per heavy atom. The van der Waals surface area contributed by atoms with Crippen LogP contribution in [-0.2, 0) is 24.1 Å². The Morgan fingerprint density at radius 2 is 1.41 bits per heavy atom. The van der Waals surface area contributed by atoms with Gasteiger partial charge in [0.15, 0.2) is 0 Å². The number of rotatable bonds is 6. The molecule has 0 aliphatic carbocycles. The highest BCUT2D eigenvalue weighted by atomic mass is 35.5. The summed E-state index contributed by atoms with van der Waals surface area (Å²) < 4.78 is 38.4. The van der Waals surface area contributed by atoms with Crippen molar-refractivity contribution in [3.8, 4) is 0 Å². The van der Waals surface area contributed by atoms with E-state index in [1.807, 2.05) is 29.2 Å². The van der Waals surface area contributed by atoms with Crippen LogP contribution in [0.15, 0.2) is 77.7 Å². The predicted molar refractivity (Wildman–Crippen MR) is 152 cm³/mol. The number of amides is 3. The second kappa shape index (κ2) is 12.1. The van der Waals surface area contributed by atoms with Crippen molar-refractivity contribution in [2.45, 2.75) is 19.3 Å². The number of imide groups is 1. The van der Waals surface area contributed by atoms with E-state index in [0.717, 1.165) is 48.4 Å². The highest BCUT2D eigenvalue weighted by molar-refractivity contribution is 8.18. The zero-order valence-corrected chi connectivity index (χ0v) is 23.3. The molecular weight excluding hydrogens is 575 g/mol. The maximum atomic E-state index is 13.1. The molecule has 0 unspecified atom stereocenters. The van der Waals surface area contributed by atoms with E-state index in [2.05, 4.69) is 4.90 Å². The van der Waals surface area contributed by atoms with Gasteiger partial charge in [-0.3, -0.25) is 24.2 Å². The largest absolute Gasteiger partial charge is 0.416 e. The minimum Gasteiger partial charge on any atom is -0.336 e. The van der Waals surface area contributed by atoms with Crippen molar-refractivity contribution in [3.05, 3.63) is 111 Å². The maximum Gasteiger partial charge on any atom is 0.416 e. The van der Waals surface area contributed by atoms with Gasteiger partial charge in [0.2, 0.25) is 0 Å². The Balaban J connectivity index is 1.16. The lowest BCUT2D eigenvalue weighted by Crippen LogP contribution is -2.48. The van der Waals surface area contributed by atoms with E-state index < -0.39 is 22.9 Å². The van der Waals surface area contributed by atoms with E-state index >= 15 is 0 Å². The lowest BCUT2D eigenvalue weighted by atomic mass is 10.1. The quantitative estimate of drug-likeness (QED) is 0.301. The first-order chi connectivity index (χ1) is 19.6. The van der Waals surface area contributed by atoms with Gasteiger partial charge in [0, 0.05) is 43.3 Å². The van der Waals surface area contributed by atoms with Gasteiger partial charge in [0.1, 0.15) is 0 Å². The smallest absolute Gasteiger partial charge is 0.336 e. The minimum absolute atomic E-state index is 0.0699. The minimum atomic E-state index is -4.46. The molecule has 3 aromatic rings. The molecule has 3 amide bonds. The van der Waals surface area contributed by atoms with Crippen molar-refractivity contribution in [3.63, 3.8) is 0 Å². The van der Waals surface area contributed by atoms with Gasteiger partial charge in [-0.25, -0.2) is 0 Å². The molecular formula is C30H25ClF3N3O3S. The Labute approximate surface area is 244 Å². The third-order valence-electron chi connectivity index (χ3n) is 6.93. The number of carbonyl (C=O) groups excluding carboxylic acids is 3. The van der Waals surface area contributed by atoms with Crippen molar-refractivity contribution in [1.29, 1.82) is 0 Å². The molecule has 0 saturated carbocycles. The molecule has 2 aliphatic rings. The lowest BCUT2D eigenvalue weighted by molar-refractivity contribution is -0.137. The van der Waals surface area contributed by atoms with Crippen LogP contribution in [0.3, 0.4) is 0 Å². The molecule has 212 valence electrons. The Kier molecular flexibility index (Phi) is 8.53. The summed E-state index contributed by atoms with van der Waals surface area (Å²) in [6.45, 7) is 3.41. The van der Waals surface area contributed by atoms with Crippen molar-refractivity contribution in [1.82, 2.24) is 14.7 Å². The molecule has 2 fully saturated rings. The van der Waals surface area contributed by atoms with Crippen LogP contribution in [0, 0.1) is 0 Å². The van der Waals surface area contributed by atoms with Gasteiger partial charge in [-0.2, -0.15) is 13.2 Å². The number of thioether (sulfide) groups is 1. The number of hydrogen-bond acceptors (Lipinski definition) is 5. The van der Waals surface area contributed by atoms with Crippen LogP contribution in [0.4, 0.5) is 18.0 Å². The summed E-state index contributed by atoms with van der Waals surface area (Å²) in [7, 11) is 0. The van der Waals surface area contributed by atoms with E-state index in [4.69, 9.17) is 11.6 Å². The van der Waals surface area contributed by atoms with Gasteiger partial charge in [-0.05, 0) is 70.9 Å². The summed E-state index contributed by atoms with van der Waals surface area (Å²) in [6, 6.07) is 18.9. The standard InChI is InChI=1S/C30H25ClF3N3O3S/c31-25-11-5-21(6-12-25)18-35-13-15-36(16-14-35)27(38)23-7-1-20(2-8-23)17-26-28(39)37(29(40)41-26)19-22-3-9-24(10-4-22)30(32,33)34/h1-12,17H,13-16,18-19H2/b26-17-. The van der Waals surface area contributed by atoms with Crippen LogP contribution in [0.1, 0.15) is 32.6 Å². The maximum absolute atomic E-state index is 13.1. The third-order valence-corrected chi connectivity index (χ3v) is 8.09. The monoisotopic (exact) mass is 599 g/mol. The molecule has 2 aliphatic heterocycles. The molecule has 6 nitrogen and oxygen atoms in total. The first-order valence-corrected chi connectivity index (χ1v) is 14.0. The summed E-state index contributed by atoms with van der Waals surface area (Å²) in [4.78, 5) is 43.7. The van der Waals surface area contributed by atoms with Crippen molar-refractivity contribution in [2.75, 3.05) is 26.2 Å². The fourth-order valence-corrected chi connectivity index (χ4v) is 5.60. The zero-order chi connectivity index (χ0) is 29.1. The summed E-state index contributed by atoms with van der Waals surface area (Å²) in [5.41, 5.74) is 1.96. The van der Waals surface area contributed by atoms with Crippen molar-refractivity contribution in [2.24, 2.45) is 0 Å². The topological polar surface area (TPSA) is 60.9 Å². The highest BCUT2D eigenvalue weighted by Crippen LogP contribution is 2.34. The third kappa shape index (κ3) is 7.01. The number of hydrogen-bond donors (Lipinski definition) is 0. The summed E-state index contributed by atoms with van der Waals surface area (Å²) in [6.07, 6.45) is -2.89. The van der Waals surface area contributed by atoms with Crippen LogP contribution in [0.2, 0.25) is 5.02 Å². The Hall–Kier alpha value is -3.60. The van der Waals surface area contributed by atoms with E-state index in [9.17, 15) is 27.6 Å². The van der Waals surface area contributed by atoms with Crippen LogP contribution in [0.25, 0.3) is 6.08 Å². The average molecular weight is 600 g/mol. The average Bonchev–Trinajstić information content (AvgIpc) is 3.22. The normalized spacial score (nSPS) is 17.5. The second-order valence-corrected chi connectivity index (χ2v) is 11.2. The van der Waals surface area contributed by atoms with Gasteiger partial charge in [0.05, 0.1) is 17.0 Å². The molecule has 0 N–H and O–H groups in total. The van der Waals surface area contributed by atoms with Crippen LogP contribution in [-0.4, -0.2) is 57.9 Å². The van der Waals surface area contributed by atoms with Crippen LogP contribution in [0.5, 0.6) is 0 Å². The van der Waals surface area contributed by atoms with Crippen molar-refractivity contribution < 1.29 is 27.6 Å². The van der Waals surface area contributed by atoms with Gasteiger partial charge in [-0.1, -0.05) is 48.0 Å². The predicted octanol–water partition coefficient (Wildman–Crippen LogP) is 6.55. The van der Waals surface area contributed by atoms with Gasteiger partial charge in [0.25, 0.3) is 17.1 Å². The molecule has 0 atom stereocenters. The van der Waals surface area contributed by atoms with Crippen LogP contribution >= 0.6 is 23.4 Å². The van der Waals surface area contributed by atoms with Gasteiger partial charge >= 0.3 is 6.18 Å². The molecule has 0 spiro atoms. The van der Waals surface area contributed by atoms with E-state index in [1.165, 1.54) is 17.7 Å². The SMILES string of the molecule is O=C(c1ccc(/C=C2\SC(=O)N(Cc3ccc(C(F)(F)F)cc3)C2=O)cc1)N1CCN(Cc2ccc(Cl)cc2)CC1. The molecule has 3 aromatic carbocycles. The first kappa shape index (κ1) is 28.9. The molecule has 2 heterocycles. The van der Waals surface area contributed by atoms with Gasteiger partial charge in [-0.15, -0.1) is 0 Å². The summed E-state index contributed by atoms with van der Waals surface area (Å²) >= 11 is 6.73. The van der Waals surface area contributed by atoms with Gasteiger partial charge < -0.3 is 4.90 Å². The molecule has 0 aromatic heterocycles. The van der Waals surface area contributed by atoms with Crippen molar-refractivity contribution >= 4 is 46.5 Å². The van der Waals surface area contributed by atoms with E-state index in [0.29, 0.717) is 34.8 Å². The molecule has 0 bridgehead atoms. The van der Waals surface area contributed by atoms with E-state index in [1.54, 1.807) is 30.3 Å². The molecule has 11 heteroatoms. The molecule has 2 saturated heterocycles. The number of nitrogens with zero attached hydrogens (tertiary/aromatic N) is 3. The Bertz CT molecular complexity index is 1470. The second-order valence-electron chi connectivity index (χ2n) is 9.78. The molecule has 5 rings (SSSR count). The summed E-state index contributed by atoms with van der Waals surface area (Å²) in [5, 5.41) is 0.204. The highest BCUT2D eigenvalue weighted by Gasteiger charge is 2.35. The van der Waals surface area contributed by atoms with Crippen LogP contribution < -0.4 is 0 Å². The zero-order valence-electron chi connectivity index (χ0n) is 21.7. The molecule has 0 radical (unpaired) electrons. The number of carbonyl (C=O) groups is 3. The molecule has 41 heavy (non-hydrogen) atoms. The number of alkyl halides is 3. The Morgan fingerprint density at radius 3 is 2.02 bits per heavy atom. The number of benzene rings is 3. The van der Waals surface area contributed by atoms with E-state index in [-0.39, 0.29) is 17.4 Å². The fourth-order valence-electron chi connectivity index (χ4n) is 4.63. The number of piperazine rings is 1. The lowest BCUT2D eigenvalue weighted by Gasteiger charge is -2.34.